The Balaban J connectivity index is 1.85. The third-order valence-corrected chi connectivity index (χ3v) is 5.25. The first kappa shape index (κ1) is 20.3. The van der Waals surface area contributed by atoms with Gasteiger partial charge in [0, 0.05) is 11.3 Å². The molecule has 31 heavy (non-hydrogen) atoms. The van der Waals surface area contributed by atoms with Crippen molar-refractivity contribution in [2.45, 2.75) is 27.3 Å². The van der Waals surface area contributed by atoms with Crippen LogP contribution in [-0.4, -0.2) is 32.6 Å². The van der Waals surface area contributed by atoms with E-state index in [1.807, 2.05) is 31.2 Å². The third-order valence-electron chi connectivity index (χ3n) is 5.25. The Kier molecular flexibility index (Phi) is 5.29. The highest BCUT2D eigenvalue weighted by Gasteiger charge is 2.25. The minimum absolute atomic E-state index is 0.213. The number of para-hydroxylation sites is 1. The number of carbonyl (C=O) groups excluding carboxylic acids is 1. The first-order valence-electron chi connectivity index (χ1n) is 9.85. The van der Waals surface area contributed by atoms with Crippen molar-refractivity contribution in [1.82, 2.24) is 19.6 Å². The number of hydrogen-bond acceptors (Lipinski definition) is 5. The molecule has 0 aliphatic carbocycles. The number of anilines is 1. The van der Waals surface area contributed by atoms with Crippen molar-refractivity contribution in [3.63, 3.8) is 0 Å². The predicted molar refractivity (Wildman–Crippen MR) is 118 cm³/mol. The van der Waals surface area contributed by atoms with Crippen LogP contribution in [0.4, 0.5) is 5.95 Å². The summed E-state index contributed by atoms with van der Waals surface area (Å²) >= 11 is 0. The molecule has 0 saturated carbocycles. The maximum atomic E-state index is 13.6. The summed E-state index contributed by atoms with van der Waals surface area (Å²) in [5.41, 5.74) is 3.31. The normalized spacial score (nSPS) is 11.0. The van der Waals surface area contributed by atoms with E-state index in [4.69, 9.17) is 4.74 Å². The van der Waals surface area contributed by atoms with Crippen LogP contribution < -0.4 is 15.2 Å². The lowest BCUT2D eigenvalue weighted by Gasteiger charge is -2.21. The van der Waals surface area contributed by atoms with Gasteiger partial charge in [0.25, 0.3) is 17.2 Å². The van der Waals surface area contributed by atoms with Gasteiger partial charge in [-0.15, -0.1) is 0 Å². The molecule has 2 heterocycles. The largest absolute Gasteiger partial charge is 0.496 e. The van der Waals surface area contributed by atoms with Gasteiger partial charge in [0.1, 0.15) is 5.75 Å². The standard InChI is InChI=1S/C23H23N5O3/c1-14-9-11-17(12-10-14)13-27(21(30)18-7-5-6-8-19(18)31-4)23-25-22-24-16(3)15(2)20(29)28(22)26-23/h5-12H,13H2,1-4H3,(H,24,25,26). The van der Waals surface area contributed by atoms with Crippen LogP contribution in [-0.2, 0) is 6.54 Å². The van der Waals surface area contributed by atoms with Gasteiger partial charge >= 0.3 is 0 Å². The zero-order valence-electron chi connectivity index (χ0n) is 17.8. The number of H-pyrrole nitrogens is 1. The number of fused-ring (bicyclic) bond motifs is 1. The second kappa shape index (κ2) is 8.06. The van der Waals surface area contributed by atoms with Gasteiger partial charge in [-0.1, -0.05) is 42.0 Å². The zero-order chi connectivity index (χ0) is 22.1. The van der Waals surface area contributed by atoms with E-state index in [0.29, 0.717) is 22.6 Å². The zero-order valence-corrected chi connectivity index (χ0v) is 17.8. The summed E-state index contributed by atoms with van der Waals surface area (Å²) in [6, 6.07) is 14.9. The van der Waals surface area contributed by atoms with E-state index in [1.165, 1.54) is 16.5 Å². The molecule has 0 spiro atoms. The van der Waals surface area contributed by atoms with E-state index in [9.17, 15) is 9.59 Å². The molecule has 0 fully saturated rings. The second-order valence-corrected chi connectivity index (χ2v) is 7.39. The molecule has 0 aliphatic rings. The van der Waals surface area contributed by atoms with Gasteiger partial charge in [0.15, 0.2) is 0 Å². The Hall–Kier alpha value is -3.94. The quantitative estimate of drug-likeness (QED) is 0.538. The smallest absolute Gasteiger partial charge is 0.277 e. The number of aromatic nitrogens is 4. The van der Waals surface area contributed by atoms with Crippen molar-refractivity contribution in [2.75, 3.05) is 12.0 Å². The van der Waals surface area contributed by atoms with Crippen molar-refractivity contribution in [3.8, 4) is 5.75 Å². The number of hydrogen-bond donors (Lipinski definition) is 1. The van der Waals surface area contributed by atoms with Crippen LogP contribution in [0.1, 0.15) is 32.7 Å². The number of nitrogens with zero attached hydrogens (tertiary/aromatic N) is 4. The van der Waals surface area contributed by atoms with Crippen molar-refractivity contribution in [2.24, 2.45) is 0 Å². The minimum atomic E-state index is -0.307. The average Bonchev–Trinajstić information content (AvgIpc) is 3.20. The van der Waals surface area contributed by atoms with Crippen LogP contribution in [0.25, 0.3) is 5.78 Å². The Bertz CT molecular complexity index is 1320. The van der Waals surface area contributed by atoms with Crippen LogP contribution in [0.5, 0.6) is 5.75 Å². The summed E-state index contributed by atoms with van der Waals surface area (Å²) in [7, 11) is 1.52. The van der Waals surface area contributed by atoms with Crippen molar-refractivity contribution >= 4 is 17.6 Å². The highest BCUT2D eigenvalue weighted by molar-refractivity contribution is 6.07. The van der Waals surface area contributed by atoms with Crippen LogP contribution in [0, 0.1) is 20.8 Å². The molecule has 2 aromatic heterocycles. The van der Waals surface area contributed by atoms with Gasteiger partial charge in [-0.25, -0.2) is 4.98 Å². The van der Waals surface area contributed by atoms with Gasteiger partial charge in [-0.05, 0) is 38.5 Å². The molecule has 0 saturated heterocycles. The highest BCUT2D eigenvalue weighted by Crippen LogP contribution is 2.23. The topological polar surface area (TPSA) is 92.6 Å². The predicted octanol–water partition coefficient (Wildman–Crippen LogP) is 3.20. The number of rotatable bonds is 5. The molecule has 8 nitrogen and oxygen atoms in total. The summed E-state index contributed by atoms with van der Waals surface area (Å²) in [4.78, 5) is 36.5. The first-order valence-corrected chi connectivity index (χ1v) is 9.85. The highest BCUT2D eigenvalue weighted by atomic mass is 16.5. The number of benzene rings is 2. The molecule has 2 aromatic carbocycles. The second-order valence-electron chi connectivity index (χ2n) is 7.39. The van der Waals surface area contributed by atoms with E-state index in [-0.39, 0.29) is 29.7 Å². The van der Waals surface area contributed by atoms with E-state index in [1.54, 1.807) is 38.1 Å². The molecule has 0 radical (unpaired) electrons. The number of amides is 1. The molecule has 4 rings (SSSR count). The number of nitrogens with one attached hydrogen (secondary N) is 1. The molecular formula is C23H23N5O3. The van der Waals surface area contributed by atoms with Crippen LogP contribution >= 0.6 is 0 Å². The van der Waals surface area contributed by atoms with Gasteiger partial charge in [0.05, 0.1) is 19.2 Å². The lowest BCUT2D eigenvalue weighted by atomic mass is 10.1. The fourth-order valence-corrected chi connectivity index (χ4v) is 3.30. The molecule has 0 unspecified atom stereocenters. The summed E-state index contributed by atoms with van der Waals surface area (Å²) in [6.07, 6.45) is 0. The third kappa shape index (κ3) is 3.79. The molecular weight excluding hydrogens is 394 g/mol. The first-order chi connectivity index (χ1) is 14.9. The van der Waals surface area contributed by atoms with E-state index >= 15 is 0 Å². The van der Waals surface area contributed by atoms with Crippen LogP contribution in [0.2, 0.25) is 0 Å². The maximum Gasteiger partial charge on any atom is 0.277 e. The summed E-state index contributed by atoms with van der Waals surface area (Å²) in [5, 5.41) is 2.95. The van der Waals surface area contributed by atoms with Crippen LogP contribution in [0.3, 0.4) is 0 Å². The SMILES string of the molecule is COc1ccccc1C(=O)N(Cc1ccc(C)cc1)c1nc2nc(C)c(C)c(=O)n2[nH]1. The Morgan fingerprint density at radius 2 is 1.77 bits per heavy atom. The molecule has 158 valence electrons. The lowest BCUT2D eigenvalue weighted by Crippen LogP contribution is -2.32. The lowest BCUT2D eigenvalue weighted by molar-refractivity contribution is 0.0980. The average molecular weight is 417 g/mol. The number of methoxy groups -OCH3 is 1. The summed E-state index contributed by atoms with van der Waals surface area (Å²) in [5.74, 6) is 0.592. The van der Waals surface area contributed by atoms with Crippen molar-refractivity contribution in [1.29, 1.82) is 0 Å². The van der Waals surface area contributed by atoms with Crippen LogP contribution in [0.15, 0.2) is 53.3 Å². The molecule has 1 N–H and O–H groups in total. The van der Waals surface area contributed by atoms with Crippen molar-refractivity contribution < 1.29 is 9.53 Å². The van der Waals surface area contributed by atoms with E-state index in [0.717, 1.165) is 11.1 Å². The van der Waals surface area contributed by atoms with Gasteiger partial charge < -0.3 is 4.74 Å². The number of carbonyl (C=O) groups is 1. The van der Waals surface area contributed by atoms with E-state index < -0.39 is 0 Å². The fraction of sp³-hybridized carbons (Fsp3) is 0.217. The monoisotopic (exact) mass is 417 g/mol. The van der Waals surface area contributed by atoms with Gasteiger partial charge in [-0.2, -0.15) is 9.50 Å². The molecule has 0 bridgehead atoms. The molecule has 4 aromatic rings. The minimum Gasteiger partial charge on any atom is -0.496 e. The van der Waals surface area contributed by atoms with Gasteiger partial charge in [0.2, 0.25) is 5.95 Å². The number of aromatic amines is 1. The van der Waals surface area contributed by atoms with Gasteiger partial charge in [-0.3, -0.25) is 19.6 Å². The molecule has 0 aliphatic heterocycles. The molecule has 0 atom stereocenters. The molecule has 1 amide bonds. The summed E-state index contributed by atoms with van der Waals surface area (Å²) in [6.45, 7) is 5.73. The number of ether oxygens (including phenoxy) is 1. The van der Waals surface area contributed by atoms with E-state index in [2.05, 4.69) is 15.1 Å². The maximum absolute atomic E-state index is 13.6. The number of aryl methyl sites for hydroxylation is 2. The van der Waals surface area contributed by atoms with Crippen molar-refractivity contribution in [3.05, 3.63) is 86.8 Å². The molecule has 8 heteroatoms. The Labute approximate surface area is 179 Å². The Morgan fingerprint density at radius 1 is 1.06 bits per heavy atom. The Morgan fingerprint density at radius 3 is 2.48 bits per heavy atom. The summed E-state index contributed by atoms with van der Waals surface area (Å²) < 4.78 is 6.64. The fourth-order valence-electron chi connectivity index (χ4n) is 3.30.